The van der Waals surface area contributed by atoms with E-state index in [0.717, 1.165) is 10.4 Å². The van der Waals surface area contributed by atoms with Crippen LogP contribution in [0.3, 0.4) is 0 Å². The van der Waals surface area contributed by atoms with Gasteiger partial charge in [-0.2, -0.15) is 0 Å². The number of carbonyl (C=O) groups excluding carboxylic acids is 1. The zero-order valence-corrected chi connectivity index (χ0v) is 10.3. The van der Waals surface area contributed by atoms with Crippen LogP contribution in [0.4, 0.5) is 5.69 Å². The van der Waals surface area contributed by atoms with Crippen molar-refractivity contribution in [3.63, 3.8) is 0 Å². The van der Waals surface area contributed by atoms with Gasteiger partial charge in [-0.25, -0.2) is 4.79 Å². The maximum absolute atomic E-state index is 11.7. The molecule has 1 heterocycles. The van der Waals surface area contributed by atoms with Gasteiger partial charge in [0.2, 0.25) is 0 Å². The van der Waals surface area contributed by atoms with Gasteiger partial charge in [-0.05, 0) is 42.1 Å². The van der Waals surface area contributed by atoms with Crippen LogP contribution in [-0.4, -0.2) is 5.97 Å². The molecular weight excluding hydrogens is 234 g/mol. The lowest BCUT2D eigenvalue weighted by Crippen LogP contribution is -2.05. The van der Waals surface area contributed by atoms with Gasteiger partial charge in [0.1, 0.15) is 6.61 Å². The number of rotatable bonds is 3. The molecule has 0 spiro atoms. The monoisotopic (exact) mass is 247 g/mol. The van der Waals surface area contributed by atoms with Crippen LogP contribution in [0.15, 0.2) is 35.7 Å². The number of nitrogens with two attached hydrogens (primary N) is 1. The fourth-order valence-electron chi connectivity index (χ4n) is 1.42. The van der Waals surface area contributed by atoms with E-state index in [-0.39, 0.29) is 5.97 Å². The van der Waals surface area contributed by atoms with Gasteiger partial charge in [0.15, 0.2) is 0 Å². The van der Waals surface area contributed by atoms with E-state index < -0.39 is 0 Å². The van der Waals surface area contributed by atoms with Gasteiger partial charge in [-0.1, -0.05) is 6.07 Å². The highest BCUT2D eigenvalue weighted by atomic mass is 32.1. The first-order valence-corrected chi connectivity index (χ1v) is 6.10. The summed E-state index contributed by atoms with van der Waals surface area (Å²) in [6, 6.07) is 9.01. The maximum atomic E-state index is 11.7. The van der Waals surface area contributed by atoms with Crippen LogP contribution in [0, 0.1) is 6.92 Å². The summed E-state index contributed by atoms with van der Waals surface area (Å²) in [6.07, 6.45) is 0. The maximum Gasteiger partial charge on any atom is 0.338 e. The summed E-state index contributed by atoms with van der Waals surface area (Å²) in [4.78, 5) is 12.8. The summed E-state index contributed by atoms with van der Waals surface area (Å²) < 4.78 is 5.20. The van der Waals surface area contributed by atoms with Gasteiger partial charge in [0.05, 0.1) is 5.56 Å². The molecule has 0 unspecified atom stereocenters. The Kier molecular flexibility index (Phi) is 3.44. The standard InChI is InChI=1S/C13H13NO2S/c1-9-7-10(4-5-12(9)14)13(15)16-8-11-3-2-6-17-11/h2-7H,8,14H2,1H3. The van der Waals surface area contributed by atoms with Gasteiger partial charge in [-0.15, -0.1) is 11.3 Å². The number of hydrogen-bond donors (Lipinski definition) is 1. The molecule has 0 atom stereocenters. The predicted molar refractivity (Wildman–Crippen MR) is 69.0 cm³/mol. The molecular formula is C13H13NO2S. The van der Waals surface area contributed by atoms with Crippen LogP contribution in [0.2, 0.25) is 0 Å². The van der Waals surface area contributed by atoms with E-state index in [4.69, 9.17) is 10.5 Å². The molecule has 2 aromatic rings. The fourth-order valence-corrected chi connectivity index (χ4v) is 2.03. The minimum absolute atomic E-state index is 0.318. The van der Waals surface area contributed by atoms with Gasteiger partial charge in [0.25, 0.3) is 0 Å². The summed E-state index contributed by atoms with van der Waals surface area (Å²) in [5.41, 5.74) is 7.79. The SMILES string of the molecule is Cc1cc(C(=O)OCc2cccs2)ccc1N. The van der Waals surface area contributed by atoms with Crippen molar-refractivity contribution in [2.75, 3.05) is 5.73 Å². The molecule has 0 fully saturated rings. The van der Waals surface area contributed by atoms with Gasteiger partial charge in [-0.3, -0.25) is 0 Å². The molecule has 88 valence electrons. The molecule has 1 aromatic carbocycles. The first-order valence-electron chi connectivity index (χ1n) is 5.22. The Morgan fingerprint density at radius 2 is 2.24 bits per heavy atom. The smallest absolute Gasteiger partial charge is 0.338 e. The Hall–Kier alpha value is -1.81. The van der Waals surface area contributed by atoms with E-state index in [1.54, 1.807) is 29.5 Å². The number of esters is 1. The zero-order valence-electron chi connectivity index (χ0n) is 9.47. The van der Waals surface area contributed by atoms with Gasteiger partial charge in [0, 0.05) is 10.6 Å². The van der Waals surface area contributed by atoms with Crippen molar-refractivity contribution in [3.05, 3.63) is 51.7 Å². The number of ether oxygens (including phenoxy) is 1. The van der Waals surface area contributed by atoms with E-state index in [1.807, 2.05) is 24.4 Å². The second-order valence-electron chi connectivity index (χ2n) is 3.73. The number of aryl methyl sites for hydroxylation is 1. The van der Waals surface area contributed by atoms with Crippen LogP contribution in [-0.2, 0) is 11.3 Å². The van der Waals surface area contributed by atoms with Crippen molar-refractivity contribution in [2.45, 2.75) is 13.5 Å². The van der Waals surface area contributed by atoms with Crippen molar-refractivity contribution in [1.82, 2.24) is 0 Å². The number of anilines is 1. The van der Waals surface area contributed by atoms with E-state index in [1.165, 1.54) is 0 Å². The highest BCUT2D eigenvalue weighted by Crippen LogP contribution is 2.15. The lowest BCUT2D eigenvalue weighted by Gasteiger charge is -2.05. The number of benzene rings is 1. The molecule has 1 aromatic heterocycles. The molecule has 3 nitrogen and oxygen atoms in total. The van der Waals surface area contributed by atoms with Crippen molar-refractivity contribution in [2.24, 2.45) is 0 Å². The van der Waals surface area contributed by atoms with E-state index in [9.17, 15) is 4.79 Å². The Morgan fingerprint density at radius 3 is 2.88 bits per heavy atom. The van der Waals surface area contributed by atoms with Crippen molar-refractivity contribution in [1.29, 1.82) is 0 Å². The first-order chi connectivity index (χ1) is 8.16. The van der Waals surface area contributed by atoms with Crippen LogP contribution in [0.5, 0.6) is 0 Å². The molecule has 0 saturated heterocycles. The second kappa shape index (κ2) is 5.01. The quantitative estimate of drug-likeness (QED) is 0.670. The number of hydrogen-bond acceptors (Lipinski definition) is 4. The molecule has 2 rings (SSSR count). The summed E-state index contributed by atoms with van der Waals surface area (Å²) in [5.74, 6) is -0.318. The van der Waals surface area contributed by atoms with Crippen LogP contribution >= 0.6 is 11.3 Å². The zero-order chi connectivity index (χ0) is 12.3. The van der Waals surface area contributed by atoms with E-state index in [0.29, 0.717) is 17.9 Å². The van der Waals surface area contributed by atoms with Gasteiger partial charge < -0.3 is 10.5 Å². The predicted octanol–water partition coefficient (Wildman–Crippen LogP) is 3.00. The normalized spacial score (nSPS) is 10.2. The summed E-state index contributed by atoms with van der Waals surface area (Å²) in [5, 5.41) is 1.95. The molecule has 17 heavy (non-hydrogen) atoms. The number of nitrogen functional groups attached to an aromatic ring is 1. The van der Waals surface area contributed by atoms with Crippen LogP contribution in [0.1, 0.15) is 20.8 Å². The Morgan fingerprint density at radius 1 is 1.41 bits per heavy atom. The number of thiophene rings is 1. The van der Waals surface area contributed by atoms with Crippen LogP contribution in [0.25, 0.3) is 0 Å². The summed E-state index contributed by atoms with van der Waals surface area (Å²) in [7, 11) is 0. The van der Waals surface area contributed by atoms with Crippen molar-refractivity contribution >= 4 is 23.0 Å². The van der Waals surface area contributed by atoms with Crippen molar-refractivity contribution < 1.29 is 9.53 Å². The third kappa shape index (κ3) is 2.85. The Labute approximate surface area is 104 Å². The largest absolute Gasteiger partial charge is 0.456 e. The molecule has 2 N–H and O–H groups in total. The second-order valence-corrected chi connectivity index (χ2v) is 4.76. The average Bonchev–Trinajstić information content (AvgIpc) is 2.82. The lowest BCUT2D eigenvalue weighted by atomic mass is 10.1. The molecule has 0 amide bonds. The molecule has 0 bridgehead atoms. The third-order valence-corrected chi connectivity index (χ3v) is 3.28. The number of carbonyl (C=O) groups is 1. The highest BCUT2D eigenvalue weighted by Gasteiger charge is 2.08. The molecule has 0 radical (unpaired) electrons. The Balaban J connectivity index is 2.02. The summed E-state index contributed by atoms with van der Waals surface area (Å²) >= 11 is 1.57. The van der Waals surface area contributed by atoms with Gasteiger partial charge >= 0.3 is 5.97 Å². The molecule has 0 aliphatic heterocycles. The topological polar surface area (TPSA) is 52.3 Å². The lowest BCUT2D eigenvalue weighted by molar-refractivity contribution is 0.0477. The average molecular weight is 247 g/mol. The Bertz CT molecular complexity index is 520. The molecule has 0 aliphatic carbocycles. The summed E-state index contributed by atoms with van der Waals surface area (Å²) in [6.45, 7) is 2.19. The first kappa shape index (κ1) is 11.7. The van der Waals surface area contributed by atoms with E-state index >= 15 is 0 Å². The minimum atomic E-state index is -0.318. The highest BCUT2D eigenvalue weighted by molar-refractivity contribution is 7.09. The minimum Gasteiger partial charge on any atom is -0.456 e. The van der Waals surface area contributed by atoms with Crippen LogP contribution < -0.4 is 5.73 Å². The molecule has 0 aliphatic rings. The fraction of sp³-hybridized carbons (Fsp3) is 0.154. The molecule has 0 saturated carbocycles. The van der Waals surface area contributed by atoms with E-state index in [2.05, 4.69) is 0 Å². The third-order valence-electron chi connectivity index (χ3n) is 2.43. The van der Waals surface area contributed by atoms with Crippen molar-refractivity contribution in [3.8, 4) is 0 Å². The molecule has 4 heteroatoms.